The summed E-state index contributed by atoms with van der Waals surface area (Å²) in [6, 6.07) is 11.7. The number of para-hydroxylation sites is 1. The van der Waals surface area contributed by atoms with Crippen LogP contribution in [0.3, 0.4) is 0 Å². The van der Waals surface area contributed by atoms with E-state index in [1.54, 1.807) is 48.7 Å². The SMILES string of the molecule is O=C(CN=Cc1c(O)c2ccccc2oc1=O)Nc1ccccn1. The van der Waals surface area contributed by atoms with Crippen molar-refractivity contribution in [3.05, 3.63) is 64.6 Å². The van der Waals surface area contributed by atoms with Gasteiger partial charge in [0.2, 0.25) is 5.91 Å². The predicted octanol–water partition coefficient (Wildman–Crippen LogP) is 1.95. The number of anilines is 1. The highest BCUT2D eigenvalue weighted by atomic mass is 16.4. The fourth-order valence-corrected chi connectivity index (χ4v) is 2.10. The van der Waals surface area contributed by atoms with Gasteiger partial charge in [-0.1, -0.05) is 18.2 Å². The second-order valence-electron chi connectivity index (χ2n) is 4.88. The van der Waals surface area contributed by atoms with Crippen LogP contribution >= 0.6 is 0 Å². The molecule has 0 atom stereocenters. The fraction of sp³-hybridized carbons (Fsp3) is 0.0588. The van der Waals surface area contributed by atoms with Crippen LogP contribution in [-0.4, -0.2) is 28.8 Å². The molecule has 2 aromatic heterocycles. The molecule has 0 saturated heterocycles. The van der Waals surface area contributed by atoms with Gasteiger partial charge in [0.15, 0.2) is 0 Å². The number of nitrogens with zero attached hydrogens (tertiary/aromatic N) is 2. The Balaban J connectivity index is 1.76. The number of carbonyl (C=O) groups excluding carboxylic acids is 1. The van der Waals surface area contributed by atoms with Gasteiger partial charge in [-0.05, 0) is 24.3 Å². The maximum absolute atomic E-state index is 11.9. The van der Waals surface area contributed by atoms with Crippen LogP contribution in [0.1, 0.15) is 5.56 Å². The molecule has 1 aromatic carbocycles. The summed E-state index contributed by atoms with van der Waals surface area (Å²) in [5.74, 6) is -0.212. The summed E-state index contributed by atoms with van der Waals surface area (Å²) in [6.45, 7) is -0.220. The Bertz CT molecular complexity index is 964. The van der Waals surface area contributed by atoms with E-state index in [9.17, 15) is 14.7 Å². The van der Waals surface area contributed by atoms with Crippen LogP contribution in [0.2, 0.25) is 0 Å². The van der Waals surface area contributed by atoms with Gasteiger partial charge in [-0.2, -0.15) is 0 Å². The Morgan fingerprint density at radius 1 is 1.25 bits per heavy atom. The summed E-state index contributed by atoms with van der Waals surface area (Å²) < 4.78 is 5.11. The second-order valence-corrected chi connectivity index (χ2v) is 4.88. The number of aromatic hydroxyl groups is 1. The number of fused-ring (bicyclic) bond motifs is 1. The largest absolute Gasteiger partial charge is 0.506 e. The molecule has 7 nitrogen and oxygen atoms in total. The van der Waals surface area contributed by atoms with E-state index in [4.69, 9.17) is 4.42 Å². The highest BCUT2D eigenvalue weighted by Gasteiger charge is 2.11. The molecule has 24 heavy (non-hydrogen) atoms. The molecule has 0 bridgehead atoms. The molecule has 0 aliphatic carbocycles. The highest BCUT2D eigenvalue weighted by Crippen LogP contribution is 2.24. The van der Waals surface area contributed by atoms with Crippen molar-refractivity contribution in [3.63, 3.8) is 0 Å². The first-order chi connectivity index (χ1) is 11.6. The molecule has 0 saturated carbocycles. The summed E-state index contributed by atoms with van der Waals surface area (Å²) in [4.78, 5) is 31.5. The van der Waals surface area contributed by atoms with E-state index < -0.39 is 11.5 Å². The van der Waals surface area contributed by atoms with Gasteiger partial charge < -0.3 is 14.8 Å². The molecule has 2 N–H and O–H groups in total. The van der Waals surface area contributed by atoms with Crippen LogP contribution in [-0.2, 0) is 4.79 Å². The number of carbonyl (C=O) groups is 1. The zero-order chi connectivity index (χ0) is 16.9. The number of pyridine rings is 1. The minimum Gasteiger partial charge on any atom is -0.506 e. The van der Waals surface area contributed by atoms with E-state index in [0.29, 0.717) is 11.2 Å². The van der Waals surface area contributed by atoms with Crippen molar-refractivity contribution in [3.8, 4) is 5.75 Å². The van der Waals surface area contributed by atoms with Crippen molar-refractivity contribution in [1.82, 2.24) is 4.98 Å². The first-order valence-electron chi connectivity index (χ1n) is 7.10. The zero-order valence-electron chi connectivity index (χ0n) is 12.5. The third-order valence-corrected chi connectivity index (χ3v) is 3.21. The van der Waals surface area contributed by atoms with Gasteiger partial charge >= 0.3 is 5.63 Å². The van der Waals surface area contributed by atoms with E-state index in [2.05, 4.69) is 15.3 Å². The molecule has 3 aromatic rings. The van der Waals surface area contributed by atoms with Crippen LogP contribution in [0.25, 0.3) is 11.0 Å². The van der Waals surface area contributed by atoms with Gasteiger partial charge in [0.25, 0.3) is 0 Å². The molecular formula is C17H13N3O4. The zero-order valence-corrected chi connectivity index (χ0v) is 12.5. The van der Waals surface area contributed by atoms with Gasteiger partial charge in [-0.3, -0.25) is 9.79 Å². The third-order valence-electron chi connectivity index (χ3n) is 3.21. The van der Waals surface area contributed by atoms with E-state index in [-0.39, 0.29) is 23.4 Å². The van der Waals surface area contributed by atoms with Crippen molar-refractivity contribution >= 4 is 28.9 Å². The highest BCUT2D eigenvalue weighted by molar-refractivity contribution is 5.96. The summed E-state index contributed by atoms with van der Waals surface area (Å²) in [5.41, 5.74) is -0.538. The van der Waals surface area contributed by atoms with Crippen molar-refractivity contribution in [2.75, 3.05) is 11.9 Å². The molecule has 1 amide bonds. The third kappa shape index (κ3) is 3.30. The normalized spacial score (nSPS) is 11.0. The molecule has 7 heteroatoms. The van der Waals surface area contributed by atoms with E-state index in [1.807, 2.05) is 0 Å². The lowest BCUT2D eigenvalue weighted by molar-refractivity contribution is -0.114. The molecule has 3 rings (SSSR count). The Kier molecular flexibility index (Phi) is 4.33. The number of benzene rings is 1. The molecule has 120 valence electrons. The second kappa shape index (κ2) is 6.74. The van der Waals surface area contributed by atoms with Crippen LogP contribution in [0.4, 0.5) is 5.82 Å². The van der Waals surface area contributed by atoms with Gasteiger partial charge in [0.05, 0.1) is 5.39 Å². The summed E-state index contributed by atoms with van der Waals surface area (Å²) in [7, 11) is 0. The standard InChI is InChI=1S/C17H13N3O4/c21-15(20-14-7-3-4-8-19-14)10-18-9-12-16(22)11-5-1-2-6-13(11)24-17(12)23/h1-9,22H,10H2,(H,19,20,21). The lowest BCUT2D eigenvalue weighted by Crippen LogP contribution is -2.16. The molecule has 0 unspecified atom stereocenters. The van der Waals surface area contributed by atoms with Gasteiger partial charge in [-0.25, -0.2) is 9.78 Å². The van der Waals surface area contributed by atoms with E-state index in [0.717, 1.165) is 6.21 Å². The predicted molar refractivity (Wildman–Crippen MR) is 89.5 cm³/mol. The summed E-state index contributed by atoms with van der Waals surface area (Å²) in [5, 5.41) is 13.1. The Morgan fingerprint density at radius 2 is 2.04 bits per heavy atom. The lowest BCUT2D eigenvalue weighted by Gasteiger charge is -2.03. The summed E-state index contributed by atoms with van der Waals surface area (Å²) >= 11 is 0. The number of hydrogen-bond acceptors (Lipinski definition) is 6. The van der Waals surface area contributed by atoms with Gasteiger partial charge in [-0.15, -0.1) is 0 Å². The number of aromatic nitrogens is 1. The van der Waals surface area contributed by atoms with Crippen LogP contribution in [0.5, 0.6) is 5.75 Å². The van der Waals surface area contributed by atoms with Crippen LogP contribution < -0.4 is 10.9 Å². The molecule has 0 aliphatic rings. The molecule has 0 fully saturated rings. The Labute approximate surface area is 136 Å². The Hall–Kier alpha value is -3.48. The topological polar surface area (TPSA) is 105 Å². The maximum atomic E-state index is 11.9. The van der Waals surface area contributed by atoms with Crippen molar-refractivity contribution in [2.45, 2.75) is 0 Å². The first kappa shape index (κ1) is 15.4. The molecule has 0 aliphatic heterocycles. The number of nitrogens with one attached hydrogen (secondary N) is 1. The van der Waals surface area contributed by atoms with Crippen molar-refractivity contribution in [1.29, 1.82) is 0 Å². The minimum absolute atomic E-state index is 0.0978. The average Bonchev–Trinajstić information content (AvgIpc) is 2.59. The van der Waals surface area contributed by atoms with Crippen LogP contribution in [0, 0.1) is 0 Å². The number of hydrogen-bond donors (Lipinski definition) is 2. The molecular weight excluding hydrogens is 310 g/mol. The lowest BCUT2D eigenvalue weighted by atomic mass is 10.1. The average molecular weight is 323 g/mol. The molecule has 0 radical (unpaired) electrons. The van der Waals surface area contributed by atoms with Gasteiger partial charge in [0.1, 0.15) is 29.3 Å². The van der Waals surface area contributed by atoms with Crippen molar-refractivity contribution in [2.24, 2.45) is 4.99 Å². The first-order valence-corrected chi connectivity index (χ1v) is 7.10. The minimum atomic E-state index is -0.722. The monoisotopic (exact) mass is 323 g/mol. The smallest absolute Gasteiger partial charge is 0.348 e. The summed E-state index contributed by atoms with van der Waals surface area (Å²) in [6.07, 6.45) is 2.68. The van der Waals surface area contributed by atoms with E-state index in [1.165, 1.54) is 0 Å². The van der Waals surface area contributed by atoms with Gasteiger partial charge in [0, 0.05) is 12.4 Å². The fourth-order valence-electron chi connectivity index (χ4n) is 2.10. The number of aliphatic imine (C=N–C) groups is 1. The van der Waals surface area contributed by atoms with E-state index >= 15 is 0 Å². The van der Waals surface area contributed by atoms with Crippen LogP contribution in [0.15, 0.2) is 62.9 Å². The molecule has 2 heterocycles. The Morgan fingerprint density at radius 3 is 2.83 bits per heavy atom. The quantitative estimate of drug-likeness (QED) is 0.564. The number of amides is 1. The molecule has 0 spiro atoms. The van der Waals surface area contributed by atoms with Crippen molar-refractivity contribution < 1.29 is 14.3 Å². The number of rotatable bonds is 4. The maximum Gasteiger partial charge on any atom is 0.348 e.